The van der Waals surface area contributed by atoms with Gasteiger partial charge in [-0.3, -0.25) is 0 Å². The zero-order valence-corrected chi connectivity index (χ0v) is 11.6. The topological polar surface area (TPSA) is 70.8 Å². The van der Waals surface area contributed by atoms with Gasteiger partial charge in [-0.05, 0) is 25.8 Å². The molecule has 0 aromatic carbocycles. The number of ether oxygens (including phenoxy) is 1. The molecule has 110 valence electrons. The highest BCUT2D eigenvalue weighted by Crippen LogP contribution is 2.13. The summed E-state index contributed by atoms with van der Waals surface area (Å²) in [5, 5.41) is 2.83. The van der Waals surface area contributed by atoms with Gasteiger partial charge in [-0.2, -0.15) is 0 Å². The fourth-order valence-corrected chi connectivity index (χ4v) is 2.62. The molecule has 2 heterocycles. The van der Waals surface area contributed by atoms with E-state index in [-0.39, 0.29) is 6.03 Å². The molecule has 0 aromatic heterocycles. The van der Waals surface area contributed by atoms with Gasteiger partial charge in [-0.1, -0.05) is 0 Å². The van der Waals surface area contributed by atoms with Gasteiger partial charge in [0, 0.05) is 45.9 Å². The number of nitrogens with one attached hydrogen (secondary N) is 1. The number of carbonyl (C=O) groups excluding carboxylic acids is 1. The fraction of sp³-hybridized carbons (Fsp3) is 0.923. The molecule has 2 aliphatic heterocycles. The molecule has 0 radical (unpaired) electrons. The number of rotatable bonds is 7. The number of hydrogen-bond acceptors (Lipinski definition) is 4. The van der Waals surface area contributed by atoms with Gasteiger partial charge in [0.25, 0.3) is 0 Å². The first-order chi connectivity index (χ1) is 9.29. The number of urea groups is 1. The first-order valence-electron chi connectivity index (χ1n) is 7.36. The van der Waals surface area contributed by atoms with Crippen LogP contribution in [0.2, 0.25) is 0 Å². The predicted octanol–water partition coefficient (Wildman–Crippen LogP) is -0.159. The minimum Gasteiger partial charge on any atom is -0.378 e. The second-order valence-electron chi connectivity index (χ2n) is 5.27. The van der Waals surface area contributed by atoms with E-state index in [0.717, 1.165) is 65.1 Å². The van der Waals surface area contributed by atoms with Gasteiger partial charge < -0.3 is 25.6 Å². The summed E-state index contributed by atoms with van der Waals surface area (Å²) < 4.78 is 5.79. The van der Waals surface area contributed by atoms with Crippen LogP contribution in [0.4, 0.5) is 4.79 Å². The van der Waals surface area contributed by atoms with Crippen molar-refractivity contribution in [2.45, 2.75) is 25.4 Å². The van der Waals surface area contributed by atoms with Gasteiger partial charge in [0.15, 0.2) is 0 Å². The molecule has 3 N–H and O–H groups in total. The van der Waals surface area contributed by atoms with E-state index < -0.39 is 0 Å². The van der Waals surface area contributed by atoms with Crippen LogP contribution in [-0.4, -0.2) is 74.4 Å². The van der Waals surface area contributed by atoms with Crippen LogP contribution in [0.25, 0.3) is 0 Å². The van der Waals surface area contributed by atoms with Crippen LogP contribution in [-0.2, 0) is 4.74 Å². The standard InChI is InChI=1S/C13H26N4O2/c14-4-1-11-19-12-2-6-16(7-3-12)9-10-17-8-5-15-13(17)18/h12H,1-11,14H2,(H,15,18). The van der Waals surface area contributed by atoms with Gasteiger partial charge in [-0.25, -0.2) is 4.79 Å². The Morgan fingerprint density at radius 3 is 2.68 bits per heavy atom. The Balaban J connectivity index is 1.57. The maximum atomic E-state index is 11.4. The Kier molecular flexibility index (Phi) is 5.88. The highest BCUT2D eigenvalue weighted by atomic mass is 16.5. The zero-order chi connectivity index (χ0) is 13.5. The summed E-state index contributed by atoms with van der Waals surface area (Å²) in [6.07, 6.45) is 3.54. The third-order valence-electron chi connectivity index (χ3n) is 3.87. The number of nitrogens with two attached hydrogens (primary N) is 1. The van der Waals surface area contributed by atoms with Crippen LogP contribution < -0.4 is 11.1 Å². The lowest BCUT2D eigenvalue weighted by molar-refractivity contribution is 0.00647. The maximum Gasteiger partial charge on any atom is 0.317 e. The van der Waals surface area contributed by atoms with Gasteiger partial charge in [-0.15, -0.1) is 0 Å². The molecule has 0 aromatic rings. The van der Waals surface area contributed by atoms with E-state index in [1.54, 1.807) is 0 Å². The van der Waals surface area contributed by atoms with Crippen LogP contribution in [0.1, 0.15) is 19.3 Å². The first kappa shape index (κ1) is 14.6. The lowest BCUT2D eigenvalue weighted by Crippen LogP contribution is -2.42. The van der Waals surface area contributed by atoms with Crippen molar-refractivity contribution >= 4 is 6.03 Å². The van der Waals surface area contributed by atoms with Gasteiger partial charge >= 0.3 is 6.03 Å². The number of amides is 2. The molecule has 2 fully saturated rings. The van der Waals surface area contributed by atoms with E-state index >= 15 is 0 Å². The Morgan fingerprint density at radius 2 is 2.05 bits per heavy atom. The third-order valence-corrected chi connectivity index (χ3v) is 3.87. The second-order valence-corrected chi connectivity index (χ2v) is 5.27. The molecule has 0 unspecified atom stereocenters. The Morgan fingerprint density at radius 1 is 1.26 bits per heavy atom. The van der Waals surface area contributed by atoms with Crippen LogP contribution >= 0.6 is 0 Å². The van der Waals surface area contributed by atoms with Gasteiger partial charge in [0.2, 0.25) is 0 Å². The van der Waals surface area contributed by atoms with Crippen molar-refractivity contribution < 1.29 is 9.53 Å². The molecule has 0 spiro atoms. The van der Waals surface area contributed by atoms with E-state index in [4.69, 9.17) is 10.5 Å². The first-order valence-corrected chi connectivity index (χ1v) is 7.36. The maximum absolute atomic E-state index is 11.4. The largest absolute Gasteiger partial charge is 0.378 e. The molecular formula is C13H26N4O2. The van der Waals surface area contributed by atoms with Gasteiger partial charge in [0.1, 0.15) is 0 Å². The average Bonchev–Trinajstić information content (AvgIpc) is 2.84. The van der Waals surface area contributed by atoms with Crippen LogP contribution in [0.15, 0.2) is 0 Å². The Hall–Kier alpha value is -0.850. The summed E-state index contributed by atoms with van der Waals surface area (Å²) >= 11 is 0. The number of nitrogens with zero attached hydrogens (tertiary/aromatic N) is 2. The molecule has 6 nitrogen and oxygen atoms in total. The highest BCUT2D eigenvalue weighted by Gasteiger charge is 2.22. The van der Waals surface area contributed by atoms with E-state index in [9.17, 15) is 4.79 Å². The summed E-state index contributed by atoms with van der Waals surface area (Å²) in [7, 11) is 0. The highest BCUT2D eigenvalue weighted by molar-refractivity contribution is 5.76. The number of carbonyl (C=O) groups is 1. The minimum atomic E-state index is 0.0833. The quantitative estimate of drug-likeness (QED) is 0.631. The Labute approximate surface area is 115 Å². The summed E-state index contributed by atoms with van der Waals surface area (Å²) in [6.45, 7) is 7.08. The van der Waals surface area contributed by atoms with Crippen molar-refractivity contribution in [2.75, 3.05) is 52.4 Å². The second kappa shape index (κ2) is 7.67. The lowest BCUT2D eigenvalue weighted by Gasteiger charge is -2.32. The average molecular weight is 270 g/mol. The summed E-state index contributed by atoms with van der Waals surface area (Å²) in [5.74, 6) is 0. The summed E-state index contributed by atoms with van der Waals surface area (Å²) in [4.78, 5) is 15.7. The molecule has 0 saturated carbocycles. The molecule has 2 rings (SSSR count). The van der Waals surface area contributed by atoms with Crippen molar-refractivity contribution in [1.82, 2.24) is 15.1 Å². The third kappa shape index (κ3) is 4.63. The minimum absolute atomic E-state index is 0.0833. The number of piperidine rings is 1. The van der Waals surface area contributed by atoms with Crippen molar-refractivity contribution in [3.05, 3.63) is 0 Å². The molecule has 0 aliphatic carbocycles. The lowest BCUT2D eigenvalue weighted by atomic mass is 10.1. The monoisotopic (exact) mass is 270 g/mol. The van der Waals surface area contributed by atoms with Crippen LogP contribution in [0, 0.1) is 0 Å². The molecular weight excluding hydrogens is 244 g/mol. The fourth-order valence-electron chi connectivity index (χ4n) is 2.62. The van der Waals surface area contributed by atoms with Crippen molar-refractivity contribution in [3.63, 3.8) is 0 Å². The zero-order valence-electron chi connectivity index (χ0n) is 11.6. The number of hydrogen-bond donors (Lipinski definition) is 2. The molecule has 2 saturated heterocycles. The molecule has 19 heavy (non-hydrogen) atoms. The normalized spacial score (nSPS) is 21.9. The smallest absolute Gasteiger partial charge is 0.317 e. The van der Waals surface area contributed by atoms with Crippen molar-refractivity contribution in [2.24, 2.45) is 5.73 Å². The van der Waals surface area contributed by atoms with E-state index in [2.05, 4.69) is 10.2 Å². The Bertz CT molecular complexity index is 280. The van der Waals surface area contributed by atoms with E-state index in [1.807, 2.05) is 4.90 Å². The molecule has 0 atom stereocenters. The van der Waals surface area contributed by atoms with Crippen molar-refractivity contribution in [1.29, 1.82) is 0 Å². The van der Waals surface area contributed by atoms with Crippen LogP contribution in [0.3, 0.4) is 0 Å². The van der Waals surface area contributed by atoms with Gasteiger partial charge in [0.05, 0.1) is 6.10 Å². The predicted molar refractivity (Wildman–Crippen MR) is 74.1 cm³/mol. The van der Waals surface area contributed by atoms with E-state index in [1.165, 1.54) is 0 Å². The SMILES string of the molecule is NCCCOC1CCN(CCN2CCNC2=O)CC1. The number of likely N-dealkylation sites (tertiary alicyclic amines) is 1. The van der Waals surface area contributed by atoms with Crippen LogP contribution in [0.5, 0.6) is 0 Å². The molecule has 0 bridgehead atoms. The molecule has 2 amide bonds. The van der Waals surface area contributed by atoms with E-state index in [0.29, 0.717) is 12.6 Å². The summed E-state index contributed by atoms with van der Waals surface area (Å²) in [5.41, 5.74) is 5.45. The summed E-state index contributed by atoms with van der Waals surface area (Å²) in [6, 6.07) is 0.0833. The van der Waals surface area contributed by atoms with Crippen molar-refractivity contribution in [3.8, 4) is 0 Å². The molecule has 6 heteroatoms. The molecule has 2 aliphatic rings.